The average molecular weight is 199 g/mol. The smallest absolute Gasteiger partial charge is 0.162 e. The molecular weight excluding hydrogens is 182 g/mol. The van der Waals surface area contributed by atoms with Crippen molar-refractivity contribution in [3.05, 3.63) is 12.5 Å². The first-order chi connectivity index (χ1) is 6.81. The third kappa shape index (κ3) is 1.86. The van der Waals surface area contributed by atoms with Gasteiger partial charge in [-0.2, -0.15) is 0 Å². The monoisotopic (exact) mass is 199 g/mol. The Balaban J connectivity index is 1.91. The van der Waals surface area contributed by atoms with Gasteiger partial charge in [0.1, 0.15) is 12.5 Å². The minimum Gasteiger partial charge on any atom is -0.479 e. The maximum Gasteiger partial charge on any atom is 0.162 e. The highest BCUT2D eigenvalue weighted by Crippen LogP contribution is 2.27. The standard InChI is InChI=1S/C10H17NO3/c1-8-6-14-10(4-9(8)5-12)11-2-3-13-7-11/h2-3,8-10,12H,4-7H2,1H3. The summed E-state index contributed by atoms with van der Waals surface area (Å²) in [5.74, 6) is 0.798. The third-order valence-corrected chi connectivity index (χ3v) is 3.04. The van der Waals surface area contributed by atoms with E-state index in [9.17, 15) is 5.11 Å². The van der Waals surface area contributed by atoms with Crippen LogP contribution in [0.15, 0.2) is 12.5 Å². The SMILES string of the molecule is CC1COC(N2C=COC2)CC1CO. The van der Waals surface area contributed by atoms with Gasteiger partial charge >= 0.3 is 0 Å². The summed E-state index contributed by atoms with van der Waals surface area (Å²) in [5, 5.41) is 9.20. The quantitative estimate of drug-likeness (QED) is 0.712. The highest BCUT2D eigenvalue weighted by molar-refractivity contribution is 4.85. The summed E-state index contributed by atoms with van der Waals surface area (Å²) < 4.78 is 10.8. The van der Waals surface area contributed by atoms with Crippen LogP contribution in [0.2, 0.25) is 0 Å². The summed E-state index contributed by atoms with van der Waals surface area (Å²) in [4.78, 5) is 2.02. The molecule has 2 aliphatic rings. The van der Waals surface area contributed by atoms with Gasteiger partial charge in [0.15, 0.2) is 6.73 Å². The van der Waals surface area contributed by atoms with Gasteiger partial charge in [0, 0.05) is 12.8 Å². The molecule has 0 aliphatic carbocycles. The van der Waals surface area contributed by atoms with Gasteiger partial charge in [-0.05, 0) is 18.3 Å². The van der Waals surface area contributed by atoms with Crippen molar-refractivity contribution in [3.8, 4) is 0 Å². The molecule has 3 unspecified atom stereocenters. The summed E-state index contributed by atoms with van der Waals surface area (Å²) in [7, 11) is 0. The first-order valence-corrected chi connectivity index (χ1v) is 5.07. The van der Waals surface area contributed by atoms with Crippen LogP contribution in [0.4, 0.5) is 0 Å². The highest BCUT2D eigenvalue weighted by atomic mass is 16.5. The van der Waals surface area contributed by atoms with Gasteiger partial charge in [-0.15, -0.1) is 0 Å². The number of aliphatic hydroxyl groups is 1. The van der Waals surface area contributed by atoms with E-state index in [-0.39, 0.29) is 12.8 Å². The molecule has 0 bridgehead atoms. The molecule has 1 fully saturated rings. The van der Waals surface area contributed by atoms with Crippen LogP contribution in [0, 0.1) is 11.8 Å². The third-order valence-electron chi connectivity index (χ3n) is 3.04. The van der Waals surface area contributed by atoms with Crippen molar-refractivity contribution in [2.75, 3.05) is 19.9 Å². The molecule has 0 spiro atoms. The lowest BCUT2D eigenvalue weighted by Gasteiger charge is -2.37. The van der Waals surface area contributed by atoms with Gasteiger partial charge in [0.2, 0.25) is 0 Å². The van der Waals surface area contributed by atoms with Gasteiger partial charge in [-0.1, -0.05) is 6.92 Å². The van der Waals surface area contributed by atoms with Crippen molar-refractivity contribution in [1.29, 1.82) is 0 Å². The maximum absolute atomic E-state index is 9.20. The van der Waals surface area contributed by atoms with E-state index in [0.29, 0.717) is 18.6 Å². The van der Waals surface area contributed by atoms with E-state index in [1.807, 2.05) is 11.1 Å². The second-order valence-corrected chi connectivity index (χ2v) is 4.04. The Morgan fingerprint density at radius 1 is 1.57 bits per heavy atom. The number of nitrogens with zero attached hydrogens (tertiary/aromatic N) is 1. The van der Waals surface area contributed by atoms with Gasteiger partial charge in [0.05, 0.1) is 6.61 Å². The van der Waals surface area contributed by atoms with Crippen LogP contribution in [0.1, 0.15) is 13.3 Å². The normalized spacial score (nSPS) is 37.3. The molecule has 14 heavy (non-hydrogen) atoms. The maximum atomic E-state index is 9.20. The van der Waals surface area contributed by atoms with Crippen LogP contribution in [-0.4, -0.2) is 36.2 Å². The van der Waals surface area contributed by atoms with Gasteiger partial charge < -0.3 is 19.5 Å². The highest BCUT2D eigenvalue weighted by Gasteiger charge is 2.31. The summed E-state index contributed by atoms with van der Waals surface area (Å²) in [6, 6.07) is 0. The second-order valence-electron chi connectivity index (χ2n) is 4.04. The number of ether oxygens (including phenoxy) is 2. The molecule has 0 radical (unpaired) electrons. The zero-order chi connectivity index (χ0) is 9.97. The van der Waals surface area contributed by atoms with Crippen molar-refractivity contribution >= 4 is 0 Å². The molecule has 2 aliphatic heterocycles. The summed E-state index contributed by atoms with van der Waals surface area (Å²) >= 11 is 0. The lowest BCUT2D eigenvalue weighted by atomic mass is 9.89. The summed E-state index contributed by atoms with van der Waals surface area (Å²) in [6.45, 7) is 3.66. The molecule has 2 heterocycles. The number of rotatable bonds is 2. The fraction of sp³-hybridized carbons (Fsp3) is 0.800. The van der Waals surface area contributed by atoms with Crippen LogP contribution in [-0.2, 0) is 9.47 Å². The molecule has 4 nitrogen and oxygen atoms in total. The van der Waals surface area contributed by atoms with E-state index in [2.05, 4.69) is 6.92 Å². The zero-order valence-corrected chi connectivity index (χ0v) is 8.43. The van der Waals surface area contributed by atoms with Gasteiger partial charge in [0.25, 0.3) is 0 Å². The number of hydrogen-bond acceptors (Lipinski definition) is 4. The van der Waals surface area contributed by atoms with E-state index >= 15 is 0 Å². The molecule has 3 atom stereocenters. The van der Waals surface area contributed by atoms with E-state index in [1.54, 1.807) is 6.26 Å². The van der Waals surface area contributed by atoms with Crippen LogP contribution in [0.5, 0.6) is 0 Å². The Bertz CT molecular complexity index is 219. The molecule has 0 aromatic carbocycles. The zero-order valence-electron chi connectivity index (χ0n) is 8.43. The molecule has 80 valence electrons. The average Bonchev–Trinajstić information content (AvgIpc) is 2.71. The first kappa shape index (κ1) is 9.80. The predicted molar refractivity (Wildman–Crippen MR) is 51.0 cm³/mol. The Labute approximate surface area is 84.1 Å². The topological polar surface area (TPSA) is 41.9 Å². The fourth-order valence-corrected chi connectivity index (χ4v) is 1.92. The minimum atomic E-state index is 0.0714. The van der Waals surface area contributed by atoms with Gasteiger partial charge in [-0.3, -0.25) is 0 Å². The van der Waals surface area contributed by atoms with Gasteiger partial charge in [-0.25, -0.2) is 0 Å². The summed E-state index contributed by atoms with van der Waals surface area (Å²) in [5.41, 5.74) is 0. The van der Waals surface area contributed by atoms with E-state index < -0.39 is 0 Å². The Hall–Kier alpha value is -0.740. The van der Waals surface area contributed by atoms with E-state index in [4.69, 9.17) is 9.47 Å². The van der Waals surface area contributed by atoms with Crippen LogP contribution < -0.4 is 0 Å². The second kappa shape index (κ2) is 4.19. The largest absolute Gasteiger partial charge is 0.479 e. The molecule has 1 N–H and O–H groups in total. The molecule has 1 saturated heterocycles. The molecule has 0 aromatic heterocycles. The number of hydrogen-bond donors (Lipinski definition) is 1. The van der Waals surface area contributed by atoms with Crippen molar-refractivity contribution < 1.29 is 14.6 Å². The van der Waals surface area contributed by atoms with Crippen LogP contribution in [0.3, 0.4) is 0 Å². The fourth-order valence-electron chi connectivity index (χ4n) is 1.92. The Morgan fingerprint density at radius 2 is 2.43 bits per heavy atom. The van der Waals surface area contributed by atoms with E-state index in [0.717, 1.165) is 13.0 Å². The van der Waals surface area contributed by atoms with Crippen molar-refractivity contribution in [2.24, 2.45) is 11.8 Å². The van der Waals surface area contributed by atoms with Crippen LogP contribution in [0.25, 0.3) is 0 Å². The predicted octanol–water partition coefficient (Wildman–Crippen LogP) is 0.738. The molecule has 0 amide bonds. The Morgan fingerprint density at radius 3 is 3.07 bits per heavy atom. The van der Waals surface area contributed by atoms with E-state index in [1.165, 1.54) is 0 Å². The van der Waals surface area contributed by atoms with Crippen molar-refractivity contribution in [3.63, 3.8) is 0 Å². The molecular formula is C10H17NO3. The summed E-state index contributed by atoms with van der Waals surface area (Å²) in [6.07, 6.45) is 4.53. The molecule has 4 heteroatoms. The Kier molecular flexibility index (Phi) is 2.93. The molecule has 0 saturated carbocycles. The lowest BCUT2D eigenvalue weighted by Crippen LogP contribution is -2.42. The first-order valence-electron chi connectivity index (χ1n) is 5.07. The molecule has 0 aromatic rings. The van der Waals surface area contributed by atoms with Crippen molar-refractivity contribution in [1.82, 2.24) is 4.90 Å². The van der Waals surface area contributed by atoms with Crippen LogP contribution >= 0.6 is 0 Å². The molecule has 2 rings (SSSR count). The minimum absolute atomic E-state index is 0.0714. The van der Waals surface area contributed by atoms with Crippen molar-refractivity contribution in [2.45, 2.75) is 19.6 Å². The lowest BCUT2D eigenvalue weighted by molar-refractivity contribution is -0.123. The number of aliphatic hydroxyl groups excluding tert-OH is 1.